The third kappa shape index (κ3) is 5.38. The molecule has 2 heterocycles. The van der Waals surface area contributed by atoms with E-state index in [0.717, 1.165) is 51.8 Å². The molecule has 2 aromatic carbocycles. The van der Waals surface area contributed by atoms with Crippen LogP contribution < -0.4 is 10.7 Å². The van der Waals surface area contributed by atoms with Gasteiger partial charge in [0.1, 0.15) is 16.8 Å². The van der Waals surface area contributed by atoms with E-state index in [4.69, 9.17) is 5.10 Å². The van der Waals surface area contributed by atoms with Crippen LogP contribution in [0.25, 0.3) is 16.9 Å². The van der Waals surface area contributed by atoms with Crippen molar-refractivity contribution in [2.45, 2.75) is 25.7 Å². The van der Waals surface area contributed by atoms with Crippen molar-refractivity contribution >= 4 is 50.3 Å². The molecule has 1 aliphatic rings. The molecule has 184 valence electrons. The second-order valence-corrected chi connectivity index (χ2v) is 10.4. The van der Waals surface area contributed by atoms with Gasteiger partial charge in [0.2, 0.25) is 0 Å². The van der Waals surface area contributed by atoms with Gasteiger partial charge in [0.15, 0.2) is 0 Å². The summed E-state index contributed by atoms with van der Waals surface area (Å²) in [5, 5.41) is 21.3. The largest absolute Gasteiger partial charge is 0.329 e. The number of nitrogens with zero attached hydrogens (tertiary/aromatic N) is 4. The average Bonchev–Trinajstić information content (AvgIpc) is 3.50. The van der Waals surface area contributed by atoms with E-state index >= 15 is 0 Å². The van der Waals surface area contributed by atoms with Gasteiger partial charge in [0.05, 0.1) is 17.5 Å². The highest BCUT2D eigenvalue weighted by atomic mass is 79.9. The summed E-state index contributed by atoms with van der Waals surface area (Å²) >= 11 is 4.81. The third-order valence-corrected chi connectivity index (χ3v) is 7.70. The lowest BCUT2D eigenvalue weighted by atomic mass is 9.96. The normalized spacial score (nSPS) is 12.6. The summed E-state index contributed by atoms with van der Waals surface area (Å²) < 4.78 is 2.67. The standard InChI is InChI=1S/C27H21BrN6O2S/c28-19-12-10-17(11-13-19)24-18(16-34(33-24)20-6-2-1-3-7-20)15-30-32-26(36)25(35)31-27-22(14-29)21-8-4-5-9-23(21)37-27/h1-3,6-7,10-13,15-16H,4-5,8-9H2,(H,31,35)(H,32,36)/b30-15-. The topological polar surface area (TPSA) is 112 Å². The Balaban J connectivity index is 1.33. The van der Waals surface area contributed by atoms with Gasteiger partial charge in [-0.3, -0.25) is 9.59 Å². The summed E-state index contributed by atoms with van der Waals surface area (Å²) in [4.78, 5) is 26.1. The number of benzene rings is 2. The number of fused-ring (bicyclic) bond motifs is 1. The molecule has 10 heteroatoms. The SMILES string of the molecule is N#Cc1c(NC(=O)C(=O)N/N=C\c2cn(-c3ccccc3)nc2-c2ccc(Br)cc2)sc2c1CCCC2. The van der Waals surface area contributed by atoms with Gasteiger partial charge in [-0.25, -0.2) is 10.1 Å². The van der Waals surface area contributed by atoms with E-state index in [0.29, 0.717) is 21.8 Å². The molecular weight excluding hydrogens is 552 g/mol. The number of carbonyl (C=O) groups excluding carboxylic acids is 2. The predicted octanol–water partition coefficient (Wildman–Crippen LogP) is 5.20. The smallest absolute Gasteiger partial charge is 0.308 e. The minimum atomic E-state index is -0.924. The van der Waals surface area contributed by atoms with Crippen LogP contribution in [0.3, 0.4) is 0 Å². The van der Waals surface area contributed by atoms with Crippen molar-refractivity contribution in [3.63, 3.8) is 0 Å². The zero-order valence-corrected chi connectivity index (χ0v) is 22.0. The highest BCUT2D eigenvalue weighted by Crippen LogP contribution is 2.37. The summed E-state index contributed by atoms with van der Waals surface area (Å²) in [6, 6.07) is 19.5. The van der Waals surface area contributed by atoms with Crippen LogP contribution >= 0.6 is 27.3 Å². The number of anilines is 1. The lowest BCUT2D eigenvalue weighted by Crippen LogP contribution is -2.32. The molecule has 2 aromatic heterocycles. The van der Waals surface area contributed by atoms with Crippen LogP contribution in [-0.4, -0.2) is 27.8 Å². The van der Waals surface area contributed by atoms with Crippen LogP contribution in [0.5, 0.6) is 0 Å². The fraction of sp³-hybridized carbons (Fsp3) is 0.148. The van der Waals surface area contributed by atoms with Crippen molar-refractivity contribution in [2.75, 3.05) is 5.32 Å². The Morgan fingerprint density at radius 3 is 2.59 bits per heavy atom. The number of amides is 2. The second-order valence-electron chi connectivity index (χ2n) is 8.40. The first kappa shape index (κ1) is 24.6. The summed E-state index contributed by atoms with van der Waals surface area (Å²) in [5.74, 6) is -1.80. The van der Waals surface area contributed by atoms with E-state index < -0.39 is 11.8 Å². The van der Waals surface area contributed by atoms with Gasteiger partial charge in [-0.05, 0) is 55.5 Å². The fourth-order valence-corrected chi connectivity index (χ4v) is 5.67. The van der Waals surface area contributed by atoms with Crippen molar-refractivity contribution in [2.24, 2.45) is 5.10 Å². The van der Waals surface area contributed by atoms with Crippen molar-refractivity contribution in [1.82, 2.24) is 15.2 Å². The van der Waals surface area contributed by atoms with Gasteiger partial charge >= 0.3 is 11.8 Å². The molecular formula is C27H21BrN6O2S. The first-order valence-electron chi connectivity index (χ1n) is 11.6. The van der Waals surface area contributed by atoms with Crippen LogP contribution in [0.15, 0.2) is 70.4 Å². The van der Waals surface area contributed by atoms with Crippen LogP contribution in [0, 0.1) is 11.3 Å². The second kappa shape index (κ2) is 10.9. The van der Waals surface area contributed by atoms with Crippen molar-refractivity contribution < 1.29 is 9.59 Å². The van der Waals surface area contributed by atoms with E-state index in [1.165, 1.54) is 17.6 Å². The highest BCUT2D eigenvalue weighted by Gasteiger charge is 2.23. The van der Waals surface area contributed by atoms with E-state index in [-0.39, 0.29) is 0 Å². The number of thiophene rings is 1. The number of aromatic nitrogens is 2. The Bertz CT molecular complexity index is 1530. The molecule has 8 nitrogen and oxygen atoms in total. The third-order valence-electron chi connectivity index (χ3n) is 5.97. The number of para-hydroxylation sites is 1. The van der Waals surface area contributed by atoms with Gasteiger partial charge in [-0.15, -0.1) is 11.3 Å². The van der Waals surface area contributed by atoms with Crippen molar-refractivity contribution in [3.8, 4) is 23.0 Å². The monoisotopic (exact) mass is 572 g/mol. The van der Waals surface area contributed by atoms with Crippen molar-refractivity contribution in [1.29, 1.82) is 5.26 Å². The summed E-state index contributed by atoms with van der Waals surface area (Å²) in [5.41, 5.74) is 6.79. The Morgan fingerprint density at radius 2 is 1.84 bits per heavy atom. The van der Waals surface area contributed by atoms with Gasteiger partial charge in [0.25, 0.3) is 0 Å². The molecule has 0 atom stereocenters. The molecule has 0 fully saturated rings. The Labute approximate surface area is 225 Å². The fourth-order valence-electron chi connectivity index (χ4n) is 4.17. The van der Waals surface area contributed by atoms with Crippen LogP contribution in [-0.2, 0) is 22.4 Å². The van der Waals surface area contributed by atoms with Crippen LogP contribution in [0.1, 0.15) is 34.4 Å². The van der Waals surface area contributed by atoms with E-state index in [9.17, 15) is 14.9 Å². The van der Waals surface area contributed by atoms with Gasteiger partial charge < -0.3 is 5.32 Å². The molecule has 0 saturated carbocycles. The number of halogens is 1. The molecule has 37 heavy (non-hydrogen) atoms. The lowest BCUT2D eigenvalue weighted by Gasteiger charge is -2.09. The summed E-state index contributed by atoms with van der Waals surface area (Å²) in [7, 11) is 0. The van der Waals surface area contributed by atoms with Crippen LogP contribution in [0.4, 0.5) is 5.00 Å². The van der Waals surface area contributed by atoms with Gasteiger partial charge in [0, 0.05) is 26.7 Å². The number of nitrogens with one attached hydrogen (secondary N) is 2. The summed E-state index contributed by atoms with van der Waals surface area (Å²) in [6.07, 6.45) is 7.04. The van der Waals surface area contributed by atoms with Gasteiger partial charge in [-0.1, -0.05) is 46.3 Å². The van der Waals surface area contributed by atoms with Gasteiger partial charge in [-0.2, -0.15) is 15.5 Å². The first-order valence-corrected chi connectivity index (χ1v) is 13.2. The van der Waals surface area contributed by atoms with E-state index in [1.807, 2.05) is 54.6 Å². The molecule has 0 radical (unpaired) electrons. The maximum atomic E-state index is 12.5. The van der Waals surface area contributed by atoms with Crippen molar-refractivity contribution in [3.05, 3.63) is 86.8 Å². The maximum Gasteiger partial charge on any atom is 0.329 e. The Morgan fingerprint density at radius 1 is 1.08 bits per heavy atom. The molecule has 0 spiro atoms. The minimum absolute atomic E-state index is 0.417. The molecule has 4 aromatic rings. The zero-order chi connectivity index (χ0) is 25.8. The quantitative estimate of drug-likeness (QED) is 0.194. The lowest BCUT2D eigenvalue weighted by molar-refractivity contribution is -0.136. The number of hydrogen-bond donors (Lipinski definition) is 2. The van der Waals surface area contributed by atoms with Crippen LogP contribution in [0.2, 0.25) is 0 Å². The minimum Gasteiger partial charge on any atom is -0.308 e. The molecule has 0 aliphatic heterocycles. The number of rotatable bonds is 5. The number of nitriles is 1. The van der Waals surface area contributed by atoms with E-state index in [2.05, 4.69) is 37.8 Å². The van der Waals surface area contributed by atoms with E-state index in [1.54, 1.807) is 10.9 Å². The first-order chi connectivity index (χ1) is 18.0. The number of aryl methyl sites for hydroxylation is 1. The Hall–Kier alpha value is -4.07. The molecule has 2 amide bonds. The number of carbonyl (C=O) groups is 2. The molecule has 1 aliphatic carbocycles. The Kier molecular flexibility index (Phi) is 7.25. The summed E-state index contributed by atoms with van der Waals surface area (Å²) in [6.45, 7) is 0. The molecule has 0 unspecified atom stereocenters. The molecule has 2 N–H and O–H groups in total. The number of hydrogen-bond acceptors (Lipinski definition) is 6. The maximum absolute atomic E-state index is 12.5. The average molecular weight is 573 g/mol. The predicted molar refractivity (Wildman–Crippen MR) is 147 cm³/mol. The molecule has 0 saturated heterocycles. The number of hydrazone groups is 1. The zero-order valence-electron chi connectivity index (χ0n) is 19.6. The molecule has 0 bridgehead atoms. The molecule has 5 rings (SSSR count). The highest BCUT2D eigenvalue weighted by molar-refractivity contribution is 9.10.